The molecule has 4 aromatic rings. The van der Waals surface area contributed by atoms with Gasteiger partial charge in [-0.2, -0.15) is 0 Å². The first-order chi connectivity index (χ1) is 15.0. The Morgan fingerprint density at radius 2 is 1.74 bits per heavy atom. The minimum absolute atomic E-state index is 0.0826. The van der Waals surface area contributed by atoms with Crippen LogP contribution in [0.3, 0.4) is 0 Å². The first-order valence-electron chi connectivity index (χ1n) is 10.2. The lowest BCUT2D eigenvalue weighted by Gasteiger charge is -2.31. The normalized spacial score (nSPS) is 15.9. The predicted molar refractivity (Wildman–Crippen MR) is 115 cm³/mol. The molecule has 5 rings (SSSR count). The molecule has 2 aromatic carbocycles. The summed E-state index contributed by atoms with van der Waals surface area (Å²) >= 11 is 0. The quantitative estimate of drug-likeness (QED) is 0.408. The van der Waals surface area contributed by atoms with Gasteiger partial charge in [-0.15, -0.1) is 0 Å². The van der Waals surface area contributed by atoms with Crippen LogP contribution in [-0.4, -0.2) is 34.8 Å². The van der Waals surface area contributed by atoms with Crippen LogP contribution in [0.2, 0.25) is 0 Å². The minimum Gasteiger partial charge on any atom is -0.464 e. The van der Waals surface area contributed by atoms with Gasteiger partial charge in [0.05, 0.1) is 6.26 Å². The fourth-order valence-corrected chi connectivity index (χ4v) is 4.01. The molecule has 0 atom stereocenters. The van der Waals surface area contributed by atoms with Crippen molar-refractivity contribution in [2.24, 2.45) is 0 Å². The van der Waals surface area contributed by atoms with Gasteiger partial charge in [0, 0.05) is 60.4 Å². The second-order valence-corrected chi connectivity index (χ2v) is 7.83. The molecule has 0 spiro atoms. The van der Waals surface area contributed by atoms with Crippen molar-refractivity contribution < 1.29 is 18.0 Å². The number of likely N-dealkylation sites (tertiary alicyclic amines) is 1. The Hall–Kier alpha value is -3.54. The van der Waals surface area contributed by atoms with E-state index in [1.807, 2.05) is 42.5 Å². The third-order valence-electron chi connectivity index (χ3n) is 5.77. The number of furan rings is 1. The van der Waals surface area contributed by atoms with E-state index in [1.54, 1.807) is 30.8 Å². The Kier molecular flexibility index (Phi) is 4.77. The standard InChI is InChI=1S/C25H20F2N2O2/c26-25(27)8-11-29(12-9-25)24(30)18-5-3-17(4-6-18)21-14-19-7-13-31-23(19)22(15-21)20-2-1-10-28-16-20/h1-7,10,13-16H,8-9,11-12H2. The van der Waals surface area contributed by atoms with E-state index in [0.717, 1.165) is 33.2 Å². The number of piperidine rings is 1. The van der Waals surface area contributed by atoms with Crippen LogP contribution in [-0.2, 0) is 0 Å². The van der Waals surface area contributed by atoms with Gasteiger partial charge in [0.25, 0.3) is 11.8 Å². The summed E-state index contributed by atoms with van der Waals surface area (Å²) in [5.74, 6) is -2.87. The number of fused-ring (bicyclic) bond motifs is 1. The SMILES string of the molecule is O=C(c1ccc(-c2cc(-c3cccnc3)c3occc3c2)cc1)N1CCC(F)(F)CC1. The maximum atomic E-state index is 13.4. The monoisotopic (exact) mass is 418 g/mol. The number of carbonyl (C=O) groups excluding carboxylic acids is 1. The maximum absolute atomic E-state index is 13.4. The Morgan fingerprint density at radius 1 is 0.968 bits per heavy atom. The van der Waals surface area contributed by atoms with Crippen LogP contribution in [0.1, 0.15) is 23.2 Å². The highest BCUT2D eigenvalue weighted by atomic mass is 19.3. The van der Waals surface area contributed by atoms with Crippen LogP contribution in [0.5, 0.6) is 0 Å². The summed E-state index contributed by atoms with van der Waals surface area (Å²) in [4.78, 5) is 18.4. The number of carbonyl (C=O) groups is 1. The second kappa shape index (κ2) is 7.61. The lowest BCUT2D eigenvalue weighted by Crippen LogP contribution is -2.42. The van der Waals surface area contributed by atoms with Gasteiger partial charge in [-0.3, -0.25) is 9.78 Å². The molecule has 31 heavy (non-hydrogen) atoms. The van der Waals surface area contributed by atoms with Crippen LogP contribution in [0, 0.1) is 0 Å². The van der Waals surface area contributed by atoms with Gasteiger partial charge >= 0.3 is 0 Å². The third-order valence-corrected chi connectivity index (χ3v) is 5.77. The number of rotatable bonds is 3. The van der Waals surface area contributed by atoms with E-state index in [1.165, 1.54) is 4.90 Å². The van der Waals surface area contributed by atoms with Crippen molar-refractivity contribution in [3.8, 4) is 22.3 Å². The summed E-state index contributed by atoms with van der Waals surface area (Å²) in [6.45, 7) is 0.165. The fourth-order valence-electron chi connectivity index (χ4n) is 4.01. The molecular weight excluding hydrogens is 398 g/mol. The van der Waals surface area contributed by atoms with Crippen LogP contribution >= 0.6 is 0 Å². The highest BCUT2D eigenvalue weighted by molar-refractivity contribution is 5.97. The van der Waals surface area contributed by atoms with Gasteiger partial charge in [-0.1, -0.05) is 18.2 Å². The van der Waals surface area contributed by atoms with Crippen molar-refractivity contribution in [1.29, 1.82) is 0 Å². The number of amides is 1. The molecule has 0 saturated carbocycles. The summed E-state index contributed by atoms with van der Waals surface area (Å²) in [6, 6.07) is 17.2. The van der Waals surface area contributed by atoms with E-state index in [-0.39, 0.29) is 31.8 Å². The molecule has 1 aliphatic heterocycles. The van der Waals surface area contributed by atoms with Crippen molar-refractivity contribution in [1.82, 2.24) is 9.88 Å². The number of alkyl halides is 2. The van der Waals surface area contributed by atoms with Gasteiger partial charge in [-0.25, -0.2) is 8.78 Å². The molecule has 1 aliphatic rings. The molecule has 2 aromatic heterocycles. The topological polar surface area (TPSA) is 46.3 Å². The van der Waals surface area contributed by atoms with Crippen LogP contribution < -0.4 is 0 Å². The van der Waals surface area contributed by atoms with Gasteiger partial charge < -0.3 is 9.32 Å². The largest absolute Gasteiger partial charge is 0.464 e. The minimum atomic E-state index is -2.67. The molecule has 0 bridgehead atoms. The average molecular weight is 418 g/mol. The lowest BCUT2D eigenvalue weighted by atomic mass is 9.96. The molecule has 1 amide bonds. The lowest BCUT2D eigenvalue weighted by molar-refractivity contribution is -0.0494. The molecule has 1 saturated heterocycles. The van der Waals surface area contributed by atoms with Gasteiger partial charge in [0.15, 0.2) is 0 Å². The molecule has 0 unspecified atom stereocenters. The van der Waals surface area contributed by atoms with Crippen molar-refractivity contribution in [3.63, 3.8) is 0 Å². The van der Waals surface area contributed by atoms with Crippen molar-refractivity contribution in [2.75, 3.05) is 13.1 Å². The van der Waals surface area contributed by atoms with E-state index in [9.17, 15) is 13.6 Å². The zero-order chi connectivity index (χ0) is 21.4. The van der Waals surface area contributed by atoms with E-state index in [0.29, 0.717) is 5.56 Å². The first-order valence-corrected chi connectivity index (χ1v) is 10.2. The summed E-state index contributed by atoms with van der Waals surface area (Å²) in [5, 5.41) is 0.978. The van der Waals surface area contributed by atoms with Crippen LogP contribution in [0.4, 0.5) is 8.78 Å². The number of aromatic nitrogens is 1. The fraction of sp³-hybridized carbons (Fsp3) is 0.200. The number of hydrogen-bond acceptors (Lipinski definition) is 3. The molecule has 6 heteroatoms. The van der Waals surface area contributed by atoms with E-state index < -0.39 is 5.92 Å². The molecule has 156 valence electrons. The highest BCUT2D eigenvalue weighted by Gasteiger charge is 2.35. The third kappa shape index (κ3) is 3.81. The molecule has 0 N–H and O–H groups in total. The van der Waals surface area contributed by atoms with Crippen LogP contribution in [0.15, 0.2) is 77.7 Å². The molecule has 0 aliphatic carbocycles. The van der Waals surface area contributed by atoms with Gasteiger partial charge in [0.1, 0.15) is 5.58 Å². The molecule has 3 heterocycles. The predicted octanol–water partition coefficient (Wildman–Crippen LogP) is 6.03. The number of benzene rings is 2. The Bertz CT molecular complexity index is 1220. The Balaban J connectivity index is 1.44. The Labute approximate surface area is 178 Å². The summed E-state index contributed by atoms with van der Waals surface area (Å²) in [6.07, 6.45) is 4.63. The Morgan fingerprint density at radius 3 is 2.45 bits per heavy atom. The zero-order valence-electron chi connectivity index (χ0n) is 16.7. The van der Waals surface area contributed by atoms with Crippen molar-refractivity contribution in [3.05, 3.63) is 78.8 Å². The summed E-state index contributed by atoms with van der Waals surface area (Å²) < 4.78 is 32.5. The van der Waals surface area contributed by atoms with Crippen LogP contribution in [0.25, 0.3) is 33.2 Å². The van der Waals surface area contributed by atoms with E-state index >= 15 is 0 Å². The molecule has 0 radical (unpaired) electrons. The van der Waals surface area contributed by atoms with E-state index in [2.05, 4.69) is 4.98 Å². The van der Waals surface area contributed by atoms with Gasteiger partial charge in [-0.05, 0) is 47.5 Å². The summed E-state index contributed by atoms with van der Waals surface area (Å²) in [7, 11) is 0. The molecular formula is C25H20F2N2O2. The summed E-state index contributed by atoms with van der Waals surface area (Å²) in [5.41, 5.74) is 5.15. The first kappa shape index (κ1) is 19.4. The second-order valence-electron chi connectivity index (χ2n) is 7.83. The number of nitrogens with zero attached hydrogens (tertiary/aromatic N) is 2. The smallest absolute Gasteiger partial charge is 0.253 e. The highest BCUT2D eigenvalue weighted by Crippen LogP contribution is 2.35. The number of pyridine rings is 1. The number of halogens is 2. The molecule has 4 nitrogen and oxygen atoms in total. The molecule has 1 fully saturated rings. The van der Waals surface area contributed by atoms with E-state index in [4.69, 9.17) is 4.42 Å². The number of hydrogen-bond donors (Lipinski definition) is 0. The van der Waals surface area contributed by atoms with Crippen molar-refractivity contribution >= 4 is 16.9 Å². The zero-order valence-corrected chi connectivity index (χ0v) is 16.7. The average Bonchev–Trinajstić information content (AvgIpc) is 3.27. The van der Waals surface area contributed by atoms with Gasteiger partial charge in [0.2, 0.25) is 0 Å². The maximum Gasteiger partial charge on any atom is 0.253 e. The van der Waals surface area contributed by atoms with Crippen molar-refractivity contribution in [2.45, 2.75) is 18.8 Å².